The fourth-order valence-electron chi connectivity index (χ4n) is 5.84. The highest BCUT2D eigenvalue weighted by Crippen LogP contribution is 2.34. The molecule has 1 amide bonds. The molecule has 42 heavy (non-hydrogen) atoms. The molecule has 3 aromatic heterocycles. The third kappa shape index (κ3) is 5.72. The van der Waals surface area contributed by atoms with E-state index >= 15 is 0 Å². The molecule has 1 saturated heterocycles. The average Bonchev–Trinajstić information content (AvgIpc) is 3.39. The Bertz CT molecular complexity index is 1690. The fraction of sp³-hybridized carbons (Fsp3) is 0.353. The first-order chi connectivity index (χ1) is 20.4. The van der Waals surface area contributed by atoms with Crippen LogP contribution in [0.2, 0.25) is 0 Å². The molecule has 1 fully saturated rings. The molecule has 8 heteroatoms. The summed E-state index contributed by atoms with van der Waals surface area (Å²) in [5.74, 6) is 0. The van der Waals surface area contributed by atoms with E-state index in [2.05, 4.69) is 69.6 Å². The van der Waals surface area contributed by atoms with Crippen LogP contribution in [0.1, 0.15) is 44.9 Å². The van der Waals surface area contributed by atoms with Crippen LogP contribution in [0.5, 0.6) is 0 Å². The smallest absolute Gasteiger partial charge is 0.410 e. The molecule has 8 nitrogen and oxygen atoms in total. The number of nitrogens with zero attached hydrogens (tertiary/aromatic N) is 6. The molecule has 1 aliphatic heterocycles. The van der Waals surface area contributed by atoms with Crippen molar-refractivity contribution in [1.29, 1.82) is 0 Å². The van der Waals surface area contributed by atoms with Crippen molar-refractivity contribution in [3.05, 3.63) is 84.2 Å². The number of benzene rings is 2. The number of rotatable bonds is 7. The Kier molecular flexibility index (Phi) is 7.89. The molecule has 0 unspecified atom stereocenters. The summed E-state index contributed by atoms with van der Waals surface area (Å²) in [5.41, 5.74) is 7.92. The van der Waals surface area contributed by atoms with Crippen molar-refractivity contribution in [2.45, 2.75) is 59.2 Å². The van der Waals surface area contributed by atoms with E-state index in [-0.39, 0.29) is 18.2 Å². The molecular weight excluding hydrogens is 524 g/mol. The van der Waals surface area contributed by atoms with Crippen LogP contribution in [-0.4, -0.2) is 67.3 Å². The summed E-state index contributed by atoms with van der Waals surface area (Å²) in [5, 5.41) is 5.60. The van der Waals surface area contributed by atoms with E-state index in [9.17, 15) is 4.79 Å². The molecule has 0 spiro atoms. The summed E-state index contributed by atoms with van der Waals surface area (Å²) >= 11 is 0. The highest BCUT2D eigenvalue weighted by molar-refractivity contribution is 5.90. The normalized spacial score (nSPS) is 14.6. The first-order valence-corrected chi connectivity index (χ1v) is 14.9. The van der Waals surface area contributed by atoms with E-state index < -0.39 is 0 Å². The summed E-state index contributed by atoms with van der Waals surface area (Å²) in [6, 6.07) is 23.4. The largest absolute Gasteiger partial charge is 0.446 e. The van der Waals surface area contributed by atoms with Gasteiger partial charge in [-0.1, -0.05) is 54.6 Å². The molecule has 0 radical (unpaired) electrons. The molecule has 0 bridgehead atoms. The average molecular weight is 563 g/mol. The quantitative estimate of drug-likeness (QED) is 0.218. The van der Waals surface area contributed by atoms with Gasteiger partial charge >= 0.3 is 6.09 Å². The number of amides is 1. The van der Waals surface area contributed by atoms with Gasteiger partial charge in [0.15, 0.2) is 11.3 Å². The lowest BCUT2D eigenvalue weighted by molar-refractivity contribution is 0.0230. The minimum atomic E-state index is -0.196. The van der Waals surface area contributed by atoms with Crippen LogP contribution in [0.25, 0.3) is 39.1 Å². The molecule has 0 aliphatic carbocycles. The van der Waals surface area contributed by atoms with Gasteiger partial charge in [-0.3, -0.25) is 4.90 Å². The second-order valence-corrected chi connectivity index (χ2v) is 11.4. The van der Waals surface area contributed by atoms with Crippen molar-refractivity contribution in [2.24, 2.45) is 0 Å². The number of carbonyl (C=O) groups excluding carboxylic acids is 1. The van der Waals surface area contributed by atoms with E-state index in [4.69, 9.17) is 9.72 Å². The number of fused-ring (bicyclic) bond motifs is 3. The lowest BCUT2D eigenvalue weighted by Crippen LogP contribution is -2.42. The maximum Gasteiger partial charge on any atom is 0.410 e. The molecule has 6 rings (SSSR count). The first-order valence-electron chi connectivity index (χ1n) is 14.9. The van der Waals surface area contributed by atoms with E-state index in [1.165, 1.54) is 5.56 Å². The summed E-state index contributed by atoms with van der Waals surface area (Å²) < 4.78 is 7.65. The maximum absolute atomic E-state index is 12.5. The Hall–Kier alpha value is -4.30. The Morgan fingerprint density at radius 3 is 2.45 bits per heavy atom. The van der Waals surface area contributed by atoms with Gasteiger partial charge in [0.1, 0.15) is 6.10 Å². The third-order valence-corrected chi connectivity index (χ3v) is 8.10. The number of likely N-dealkylation sites (tertiary alicyclic amines) is 1. The zero-order chi connectivity index (χ0) is 29.2. The van der Waals surface area contributed by atoms with Crippen molar-refractivity contribution < 1.29 is 9.53 Å². The number of piperidine rings is 1. The maximum atomic E-state index is 12.5. The first kappa shape index (κ1) is 27.8. The van der Waals surface area contributed by atoms with Gasteiger partial charge < -0.3 is 9.64 Å². The molecule has 1 aliphatic rings. The van der Waals surface area contributed by atoms with Crippen molar-refractivity contribution in [1.82, 2.24) is 29.4 Å². The summed E-state index contributed by atoms with van der Waals surface area (Å²) in [6.07, 6.45) is 3.39. The summed E-state index contributed by atoms with van der Waals surface area (Å²) in [6.45, 7) is 11.4. The molecule has 0 N–H and O–H groups in total. The number of hydrogen-bond acceptors (Lipinski definition) is 6. The zero-order valence-corrected chi connectivity index (χ0v) is 24.8. The fourth-order valence-corrected chi connectivity index (χ4v) is 5.84. The monoisotopic (exact) mass is 562 g/mol. The van der Waals surface area contributed by atoms with Crippen molar-refractivity contribution in [3.8, 4) is 22.4 Å². The summed E-state index contributed by atoms with van der Waals surface area (Å²) in [4.78, 5) is 26.5. The number of aromatic nitrogens is 4. The van der Waals surface area contributed by atoms with Gasteiger partial charge in [0.2, 0.25) is 0 Å². The van der Waals surface area contributed by atoms with Crippen molar-refractivity contribution in [3.63, 3.8) is 0 Å². The van der Waals surface area contributed by atoms with E-state index in [1.54, 1.807) is 4.90 Å². The number of ether oxygens (including phenoxy) is 1. The highest BCUT2D eigenvalue weighted by Gasteiger charge is 2.25. The number of aryl methyl sites for hydroxylation is 1. The third-order valence-electron chi connectivity index (χ3n) is 8.10. The van der Waals surface area contributed by atoms with Gasteiger partial charge in [0.05, 0.1) is 11.4 Å². The number of hydrogen-bond donors (Lipinski definition) is 0. The lowest BCUT2D eigenvalue weighted by atomic mass is 9.97. The Morgan fingerprint density at radius 2 is 1.76 bits per heavy atom. The predicted octanol–water partition coefficient (Wildman–Crippen LogP) is 6.75. The lowest BCUT2D eigenvalue weighted by Gasteiger charge is -2.33. The number of carbonyl (C=O) groups is 1. The Morgan fingerprint density at radius 1 is 1.02 bits per heavy atom. The minimum absolute atomic E-state index is 0.0143. The van der Waals surface area contributed by atoms with E-state index in [0.717, 1.165) is 77.2 Å². The van der Waals surface area contributed by atoms with Crippen LogP contribution < -0.4 is 0 Å². The predicted molar refractivity (Wildman–Crippen MR) is 166 cm³/mol. The van der Waals surface area contributed by atoms with Gasteiger partial charge in [-0.2, -0.15) is 9.61 Å². The van der Waals surface area contributed by atoms with Gasteiger partial charge in [-0.15, -0.1) is 0 Å². The zero-order valence-electron chi connectivity index (χ0n) is 24.8. The molecule has 216 valence electrons. The van der Waals surface area contributed by atoms with E-state index in [0.29, 0.717) is 6.54 Å². The Balaban J connectivity index is 1.21. The molecule has 0 saturated carbocycles. The SMILES string of the molecule is CCN(C(=O)OC1CCN(Cc2ccc(-c3nc4c(cnc5cc(C)nn54)cc3-c3ccccc3)cc2)CC1)C(C)C. The van der Waals surface area contributed by atoms with Gasteiger partial charge in [-0.05, 0) is 57.7 Å². The minimum Gasteiger partial charge on any atom is -0.446 e. The van der Waals surface area contributed by atoms with Crippen LogP contribution in [0.15, 0.2) is 72.9 Å². The second kappa shape index (κ2) is 11.9. The molecule has 0 atom stereocenters. The molecule has 2 aromatic carbocycles. The highest BCUT2D eigenvalue weighted by atomic mass is 16.6. The van der Waals surface area contributed by atoms with Crippen LogP contribution in [0, 0.1) is 6.92 Å². The van der Waals surface area contributed by atoms with Gasteiger partial charge in [0, 0.05) is 61.0 Å². The van der Waals surface area contributed by atoms with Crippen LogP contribution in [0.3, 0.4) is 0 Å². The van der Waals surface area contributed by atoms with Crippen LogP contribution in [0.4, 0.5) is 4.79 Å². The van der Waals surface area contributed by atoms with Crippen LogP contribution >= 0.6 is 0 Å². The molecular formula is C34H38N6O2. The van der Waals surface area contributed by atoms with E-state index in [1.807, 2.05) is 50.5 Å². The molecule has 4 heterocycles. The van der Waals surface area contributed by atoms with Crippen LogP contribution in [-0.2, 0) is 11.3 Å². The second-order valence-electron chi connectivity index (χ2n) is 11.4. The van der Waals surface area contributed by atoms with Gasteiger partial charge in [-0.25, -0.2) is 14.8 Å². The van der Waals surface area contributed by atoms with Gasteiger partial charge in [0.25, 0.3) is 0 Å². The summed E-state index contributed by atoms with van der Waals surface area (Å²) in [7, 11) is 0. The standard InChI is InChI=1S/C34H38N6O2/c1-5-39(23(2)3)34(41)42-29-15-17-38(18-16-29)22-25-11-13-27(14-12-25)32-30(26-9-7-6-8-10-26)20-28-21-35-31-19-24(4)37-40(31)33(28)36-32/h6-14,19-21,23,29H,5,15-18,22H2,1-4H3. The van der Waals surface area contributed by atoms with Crippen molar-refractivity contribution in [2.75, 3.05) is 19.6 Å². The topological polar surface area (TPSA) is 75.9 Å². The Labute approximate surface area is 247 Å². The van der Waals surface area contributed by atoms with Crippen molar-refractivity contribution >= 4 is 22.8 Å². The molecule has 5 aromatic rings. The number of pyridine rings is 1.